The van der Waals surface area contributed by atoms with Crippen LogP contribution in [0, 0.1) is 5.82 Å². The van der Waals surface area contributed by atoms with E-state index >= 15 is 0 Å². The van der Waals surface area contributed by atoms with Crippen molar-refractivity contribution in [1.82, 2.24) is 9.78 Å². The van der Waals surface area contributed by atoms with Crippen LogP contribution in [0.1, 0.15) is 16.1 Å². The molecule has 0 aliphatic heterocycles. The number of aromatic nitrogens is 2. The molecule has 6 heteroatoms. The number of ether oxygens (including phenoxy) is 1. The van der Waals surface area contributed by atoms with E-state index in [2.05, 4.69) is 5.10 Å². The lowest BCUT2D eigenvalue weighted by Gasteiger charge is -2.09. The predicted molar refractivity (Wildman–Crippen MR) is 77.0 cm³/mol. The van der Waals surface area contributed by atoms with Crippen molar-refractivity contribution < 1.29 is 18.3 Å². The van der Waals surface area contributed by atoms with E-state index in [1.165, 1.54) is 24.3 Å². The minimum absolute atomic E-state index is 0.178. The molecule has 3 rings (SSSR count). The quantitative estimate of drug-likeness (QED) is 0.679. The highest BCUT2D eigenvalue weighted by molar-refractivity contribution is 5.74. The molecule has 112 valence electrons. The topological polar surface area (TPSA) is 57.3 Å². The monoisotopic (exact) mass is 300 g/mol. The molecule has 2 heterocycles. The van der Waals surface area contributed by atoms with Crippen LogP contribution in [0.15, 0.2) is 47.1 Å². The van der Waals surface area contributed by atoms with Crippen molar-refractivity contribution in [3.63, 3.8) is 0 Å². The molecule has 5 nitrogen and oxygen atoms in total. The van der Waals surface area contributed by atoms with Gasteiger partial charge in [0.2, 0.25) is 0 Å². The maximum absolute atomic E-state index is 13.5. The Morgan fingerprint density at radius 3 is 2.91 bits per heavy atom. The Morgan fingerprint density at radius 1 is 1.36 bits per heavy atom. The molecule has 0 unspecified atom stereocenters. The number of carbonyl (C=O) groups is 1. The van der Waals surface area contributed by atoms with Gasteiger partial charge in [0, 0.05) is 18.8 Å². The molecule has 2 aromatic heterocycles. The molecular formula is C16H13FN2O3. The smallest absolute Gasteiger partial charge is 0.185 e. The summed E-state index contributed by atoms with van der Waals surface area (Å²) in [6.45, 7) is 0.299. The SMILES string of the molecule is Cn1cc(COc2ccc(F)cc2-c2ccc(C=O)o2)cn1. The van der Waals surface area contributed by atoms with Crippen molar-refractivity contribution in [1.29, 1.82) is 0 Å². The van der Waals surface area contributed by atoms with E-state index in [9.17, 15) is 9.18 Å². The summed E-state index contributed by atoms with van der Waals surface area (Å²) in [4.78, 5) is 10.7. The van der Waals surface area contributed by atoms with E-state index in [0.29, 0.717) is 30.0 Å². The van der Waals surface area contributed by atoms with Gasteiger partial charge in [-0.3, -0.25) is 9.48 Å². The second-order valence-corrected chi connectivity index (χ2v) is 4.77. The third kappa shape index (κ3) is 2.90. The van der Waals surface area contributed by atoms with Gasteiger partial charge in [-0.05, 0) is 30.3 Å². The van der Waals surface area contributed by atoms with Crippen molar-refractivity contribution in [3.8, 4) is 17.1 Å². The van der Waals surface area contributed by atoms with Gasteiger partial charge in [0.25, 0.3) is 0 Å². The van der Waals surface area contributed by atoms with Gasteiger partial charge in [-0.2, -0.15) is 5.10 Å². The van der Waals surface area contributed by atoms with Crippen LogP contribution in [-0.4, -0.2) is 16.1 Å². The van der Waals surface area contributed by atoms with Gasteiger partial charge in [0.05, 0.1) is 11.8 Å². The third-order valence-corrected chi connectivity index (χ3v) is 3.10. The maximum Gasteiger partial charge on any atom is 0.185 e. The van der Waals surface area contributed by atoms with Crippen molar-refractivity contribution in [2.75, 3.05) is 0 Å². The highest BCUT2D eigenvalue weighted by Crippen LogP contribution is 2.32. The van der Waals surface area contributed by atoms with Gasteiger partial charge in [-0.25, -0.2) is 4.39 Å². The minimum atomic E-state index is -0.409. The largest absolute Gasteiger partial charge is 0.488 e. The molecule has 0 fully saturated rings. The zero-order chi connectivity index (χ0) is 15.5. The van der Waals surface area contributed by atoms with Crippen molar-refractivity contribution in [2.45, 2.75) is 6.61 Å². The molecule has 0 bridgehead atoms. The summed E-state index contributed by atoms with van der Waals surface area (Å²) in [7, 11) is 1.82. The van der Waals surface area contributed by atoms with E-state index in [1.54, 1.807) is 16.9 Å². The second-order valence-electron chi connectivity index (χ2n) is 4.77. The summed E-state index contributed by atoms with van der Waals surface area (Å²) >= 11 is 0. The Hall–Kier alpha value is -2.89. The normalized spacial score (nSPS) is 10.6. The lowest BCUT2D eigenvalue weighted by Crippen LogP contribution is -1.96. The van der Waals surface area contributed by atoms with Crippen molar-refractivity contribution in [3.05, 3.63) is 59.9 Å². The Bertz CT molecular complexity index is 807. The number of aryl methyl sites for hydroxylation is 1. The number of nitrogens with zero attached hydrogens (tertiary/aromatic N) is 2. The lowest BCUT2D eigenvalue weighted by atomic mass is 10.1. The fraction of sp³-hybridized carbons (Fsp3) is 0.125. The van der Waals surface area contributed by atoms with Crippen LogP contribution in [0.3, 0.4) is 0 Å². The Morgan fingerprint density at radius 2 is 2.23 bits per heavy atom. The first-order chi connectivity index (χ1) is 10.7. The summed E-state index contributed by atoms with van der Waals surface area (Å²) in [5, 5.41) is 4.06. The van der Waals surface area contributed by atoms with Crippen LogP contribution in [0.25, 0.3) is 11.3 Å². The van der Waals surface area contributed by atoms with Crippen LogP contribution >= 0.6 is 0 Å². The molecule has 0 saturated carbocycles. The fourth-order valence-corrected chi connectivity index (χ4v) is 2.09. The van der Waals surface area contributed by atoms with Crippen LogP contribution in [-0.2, 0) is 13.7 Å². The molecule has 1 aromatic carbocycles. The molecule has 0 saturated heterocycles. The van der Waals surface area contributed by atoms with E-state index in [4.69, 9.17) is 9.15 Å². The molecule has 22 heavy (non-hydrogen) atoms. The highest BCUT2D eigenvalue weighted by atomic mass is 19.1. The second kappa shape index (κ2) is 5.85. The van der Waals surface area contributed by atoms with Gasteiger partial charge in [-0.1, -0.05) is 0 Å². The molecule has 0 radical (unpaired) electrons. The van der Waals surface area contributed by atoms with Gasteiger partial charge in [0.15, 0.2) is 12.0 Å². The van der Waals surface area contributed by atoms with E-state index in [-0.39, 0.29) is 5.76 Å². The summed E-state index contributed by atoms with van der Waals surface area (Å²) in [5.41, 5.74) is 1.35. The van der Waals surface area contributed by atoms with E-state index in [0.717, 1.165) is 5.56 Å². The van der Waals surface area contributed by atoms with Gasteiger partial charge in [0.1, 0.15) is 23.9 Å². The highest BCUT2D eigenvalue weighted by Gasteiger charge is 2.12. The van der Waals surface area contributed by atoms with Crippen LogP contribution in [0.4, 0.5) is 4.39 Å². The number of aldehydes is 1. The predicted octanol–water partition coefficient (Wildman–Crippen LogP) is 3.21. The first-order valence-electron chi connectivity index (χ1n) is 6.61. The zero-order valence-electron chi connectivity index (χ0n) is 11.8. The average Bonchev–Trinajstić information content (AvgIpc) is 3.14. The maximum atomic E-state index is 13.5. The summed E-state index contributed by atoms with van der Waals surface area (Å²) in [6, 6.07) is 7.29. The molecule has 0 spiro atoms. The minimum Gasteiger partial charge on any atom is -0.488 e. The van der Waals surface area contributed by atoms with Crippen molar-refractivity contribution in [2.24, 2.45) is 7.05 Å². The standard InChI is InChI=1S/C16H13FN2O3/c1-19-8-11(7-18-19)10-21-15-4-2-12(17)6-14(15)16-5-3-13(9-20)22-16/h2-9H,10H2,1H3. The number of furan rings is 1. The number of hydrogen-bond acceptors (Lipinski definition) is 4. The molecule has 0 atom stereocenters. The number of rotatable bonds is 5. The summed E-state index contributed by atoms with van der Waals surface area (Å²) in [6.07, 6.45) is 4.13. The molecule has 0 N–H and O–H groups in total. The fourth-order valence-electron chi connectivity index (χ4n) is 2.09. The average molecular weight is 300 g/mol. The first kappa shape index (κ1) is 14.1. The van der Waals surface area contributed by atoms with Gasteiger partial charge < -0.3 is 9.15 Å². The number of halogens is 1. The lowest BCUT2D eigenvalue weighted by molar-refractivity contribution is 0.110. The molecule has 0 aliphatic rings. The summed E-state index contributed by atoms with van der Waals surface area (Å²) < 4.78 is 26.2. The summed E-state index contributed by atoms with van der Waals surface area (Å²) in [5.74, 6) is 0.616. The van der Waals surface area contributed by atoms with Gasteiger partial charge >= 0.3 is 0 Å². The Labute approximate surface area is 125 Å². The van der Waals surface area contributed by atoms with Crippen LogP contribution in [0.5, 0.6) is 5.75 Å². The Balaban J connectivity index is 1.88. The van der Waals surface area contributed by atoms with Crippen LogP contribution < -0.4 is 4.74 Å². The van der Waals surface area contributed by atoms with Gasteiger partial charge in [-0.15, -0.1) is 0 Å². The molecule has 0 amide bonds. The number of hydrogen-bond donors (Lipinski definition) is 0. The molecular weight excluding hydrogens is 287 g/mol. The van der Waals surface area contributed by atoms with E-state index in [1.807, 2.05) is 13.2 Å². The van der Waals surface area contributed by atoms with Crippen LogP contribution in [0.2, 0.25) is 0 Å². The van der Waals surface area contributed by atoms with E-state index < -0.39 is 5.82 Å². The first-order valence-corrected chi connectivity index (χ1v) is 6.61. The number of benzene rings is 1. The number of carbonyl (C=O) groups excluding carboxylic acids is 1. The molecule has 0 aliphatic carbocycles. The molecule has 3 aromatic rings. The zero-order valence-corrected chi connectivity index (χ0v) is 11.8. The Kier molecular flexibility index (Phi) is 3.74. The van der Waals surface area contributed by atoms with Crippen molar-refractivity contribution >= 4 is 6.29 Å². The third-order valence-electron chi connectivity index (χ3n) is 3.10.